The van der Waals surface area contributed by atoms with Gasteiger partial charge in [-0.05, 0) is 55.2 Å². The first-order valence-corrected chi connectivity index (χ1v) is 12.2. The highest BCUT2D eigenvalue weighted by molar-refractivity contribution is 6.44. The fraction of sp³-hybridized carbons (Fsp3) is 0.321. The van der Waals surface area contributed by atoms with E-state index in [0.717, 1.165) is 36.1 Å². The highest BCUT2D eigenvalue weighted by atomic mass is 17.5. The minimum Gasteiger partial charge on any atom is -0.446 e. The Morgan fingerprint density at radius 2 is 2.03 bits per heavy atom. The molecule has 3 aromatic rings. The average molecular weight is 506 g/mol. The van der Waals surface area contributed by atoms with Crippen molar-refractivity contribution in [3.05, 3.63) is 88.4 Å². The molecule has 9 heteroatoms. The van der Waals surface area contributed by atoms with E-state index in [2.05, 4.69) is 45.8 Å². The number of Topliss-reactive ketones (excluding diaryl/α,β-unsaturated/α-hetero) is 1. The smallest absolute Gasteiger partial charge is 0.289 e. The summed E-state index contributed by atoms with van der Waals surface area (Å²) in [4.78, 5) is 33.9. The van der Waals surface area contributed by atoms with Crippen LogP contribution in [0.4, 0.5) is 0 Å². The molecule has 0 bridgehead atoms. The molecule has 0 fully saturated rings. The van der Waals surface area contributed by atoms with Crippen molar-refractivity contribution in [3.8, 4) is 5.88 Å². The SMILES string of the molecule is C=C1C=CC(Cc2ccccc2Cc2c(CC)c(C(=O)C(N)=O)c3c(OCOOO)nc(C)cn23)CC1. The Kier molecular flexibility index (Phi) is 8.17. The van der Waals surface area contributed by atoms with E-state index in [-0.39, 0.29) is 11.4 Å². The van der Waals surface area contributed by atoms with Crippen molar-refractivity contribution in [2.24, 2.45) is 11.7 Å². The topological polar surface area (TPSA) is 125 Å². The van der Waals surface area contributed by atoms with Gasteiger partial charge in [-0.25, -0.2) is 10.2 Å². The van der Waals surface area contributed by atoms with E-state index < -0.39 is 18.5 Å². The molecule has 2 aromatic heterocycles. The molecule has 1 atom stereocenters. The molecule has 37 heavy (non-hydrogen) atoms. The molecular formula is C28H31N3O6. The highest BCUT2D eigenvalue weighted by Gasteiger charge is 2.29. The lowest BCUT2D eigenvalue weighted by atomic mass is 9.86. The van der Waals surface area contributed by atoms with Crippen molar-refractivity contribution < 1.29 is 29.5 Å². The van der Waals surface area contributed by atoms with Gasteiger partial charge >= 0.3 is 0 Å². The number of fused-ring (bicyclic) bond motifs is 1. The molecule has 1 aliphatic rings. The number of hydrogen-bond acceptors (Lipinski definition) is 7. The van der Waals surface area contributed by atoms with Crippen LogP contribution in [0, 0.1) is 12.8 Å². The van der Waals surface area contributed by atoms with E-state index in [0.29, 0.717) is 35.5 Å². The molecular weight excluding hydrogens is 474 g/mol. The Hall–Kier alpha value is -3.79. The number of nitrogens with two attached hydrogens (primary N) is 1. The maximum absolute atomic E-state index is 13.0. The lowest BCUT2D eigenvalue weighted by Crippen LogP contribution is -2.24. The summed E-state index contributed by atoms with van der Waals surface area (Å²) >= 11 is 0. The molecule has 1 aliphatic carbocycles. The van der Waals surface area contributed by atoms with Gasteiger partial charge in [0.1, 0.15) is 5.52 Å². The van der Waals surface area contributed by atoms with Crippen LogP contribution in [-0.4, -0.2) is 33.1 Å². The van der Waals surface area contributed by atoms with E-state index >= 15 is 0 Å². The maximum Gasteiger partial charge on any atom is 0.289 e. The molecule has 4 rings (SSSR count). The Balaban J connectivity index is 1.84. The molecule has 1 amide bonds. The van der Waals surface area contributed by atoms with Gasteiger partial charge in [0.15, 0.2) is 0 Å². The molecule has 9 nitrogen and oxygen atoms in total. The molecule has 1 unspecified atom stereocenters. The number of ketones is 1. The van der Waals surface area contributed by atoms with Crippen LogP contribution >= 0.6 is 0 Å². The molecule has 194 valence electrons. The third kappa shape index (κ3) is 5.64. The van der Waals surface area contributed by atoms with Crippen molar-refractivity contribution in [1.29, 1.82) is 0 Å². The van der Waals surface area contributed by atoms with Gasteiger partial charge in [-0.2, -0.15) is 4.89 Å². The summed E-state index contributed by atoms with van der Waals surface area (Å²) in [6.45, 7) is 7.28. The number of aryl methyl sites for hydroxylation is 1. The van der Waals surface area contributed by atoms with Crippen molar-refractivity contribution in [2.45, 2.75) is 46.0 Å². The molecule has 0 radical (unpaired) electrons. The minimum atomic E-state index is -1.07. The number of ether oxygens (including phenoxy) is 1. The molecule has 0 saturated carbocycles. The Morgan fingerprint density at radius 1 is 1.27 bits per heavy atom. The highest BCUT2D eigenvalue weighted by Crippen LogP contribution is 2.34. The number of amides is 1. The van der Waals surface area contributed by atoms with Crippen LogP contribution in [0.5, 0.6) is 5.88 Å². The molecule has 0 spiro atoms. The van der Waals surface area contributed by atoms with Crippen molar-refractivity contribution >= 4 is 17.2 Å². The second kappa shape index (κ2) is 11.5. The lowest BCUT2D eigenvalue weighted by molar-refractivity contribution is -0.503. The second-order valence-corrected chi connectivity index (χ2v) is 9.17. The van der Waals surface area contributed by atoms with Crippen LogP contribution in [-0.2, 0) is 34.0 Å². The van der Waals surface area contributed by atoms with E-state index in [1.807, 2.05) is 23.5 Å². The van der Waals surface area contributed by atoms with Crippen molar-refractivity contribution in [2.75, 3.05) is 6.79 Å². The summed E-state index contributed by atoms with van der Waals surface area (Å²) in [5.41, 5.74) is 11.6. The lowest BCUT2D eigenvalue weighted by Gasteiger charge is -2.19. The minimum absolute atomic E-state index is 0.0588. The van der Waals surface area contributed by atoms with E-state index in [1.165, 1.54) is 5.56 Å². The van der Waals surface area contributed by atoms with Crippen LogP contribution in [0.3, 0.4) is 0 Å². The number of allylic oxidation sites excluding steroid dienone is 3. The van der Waals surface area contributed by atoms with Gasteiger partial charge in [0.05, 0.1) is 11.3 Å². The third-order valence-corrected chi connectivity index (χ3v) is 6.71. The number of primary amides is 1. The molecule has 1 aromatic carbocycles. The van der Waals surface area contributed by atoms with Gasteiger partial charge in [0.2, 0.25) is 12.7 Å². The fourth-order valence-electron chi connectivity index (χ4n) is 5.00. The van der Waals surface area contributed by atoms with Gasteiger partial charge in [0, 0.05) is 18.3 Å². The maximum atomic E-state index is 13.0. The van der Waals surface area contributed by atoms with Gasteiger partial charge in [0.25, 0.3) is 11.7 Å². The molecule has 2 heterocycles. The fourth-order valence-corrected chi connectivity index (χ4v) is 5.00. The zero-order chi connectivity index (χ0) is 26.5. The van der Waals surface area contributed by atoms with Crippen molar-refractivity contribution in [1.82, 2.24) is 9.38 Å². The first kappa shape index (κ1) is 26.3. The third-order valence-electron chi connectivity index (χ3n) is 6.71. The number of carbonyl (C=O) groups is 2. The van der Waals surface area contributed by atoms with Crippen LogP contribution in [0.15, 0.2) is 54.8 Å². The zero-order valence-electron chi connectivity index (χ0n) is 21.0. The standard InChI is InChI=1S/C28H31N3O6/c1-4-22-23(14-21-8-6-5-7-20(21)13-19-11-9-17(2)10-12-19)31-15-18(3)30-28(35-16-36-37-34)25(31)24(22)26(32)27(29)33/h5-9,11,15,19,34H,2,4,10,12-14,16H2,1,3H3,(H2,29,33). The number of hydrogen-bond donors (Lipinski definition) is 2. The van der Waals surface area contributed by atoms with Crippen LogP contribution in [0.2, 0.25) is 0 Å². The Labute approximate surface area is 215 Å². The number of rotatable bonds is 11. The van der Waals surface area contributed by atoms with E-state index in [9.17, 15) is 9.59 Å². The van der Waals surface area contributed by atoms with Gasteiger partial charge in [-0.3, -0.25) is 9.59 Å². The average Bonchev–Trinajstić information content (AvgIpc) is 3.19. The van der Waals surface area contributed by atoms with E-state index in [4.69, 9.17) is 15.7 Å². The largest absolute Gasteiger partial charge is 0.446 e. The van der Waals surface area contributed by atoms with Crippen LogP contribution < -0.4 is 10.5 Å². The second-order valence-electron chi connectivity index (χ2n) is 9.17. The predicted molar refractivity (Wildman–Crippen MR) is 137 cm³/mol. The van der Waals surface area contributed by atoms with Gasteiger partial charge in [-0.1, -0.05) is 60.5 Å². The summed E-state index contributed by atoms with van der Waals surface area (Å²) < 4.78 is 7.39. The van der Waals surface area contributed by atoms with E-state index in [1.54, 1.807) is 13.1 Å². The summed E-state index contributed by atoms with van der Waals surface area (Å²) in [5.74, 6) is -1.41. The summed E-state index contributed by atoms with van der Waals surface area (Å²) in [6.07, 6.45) is 10.1. The Morgan fingerprint density at radius 3 is 2.68 bits per heavy atom. The van der Waals surface area contributed by atoms with Crippen LogP contribution in [0.25, 0.3) is 5.52 Å². The number of aromatic nitrogens is 2. The normalized spacial score (nSPS) is 15.3. The zero-order valence-corrected chi connectivity index (χ0v) is 21.0. The van der Waals surface area contributed by atoms with Gasteiger partial charge < -0.3 is 14.9 Å². The first-order valence-electron chi connectivity index (χ1n) is 12.2. The first-order chi connectivity index (χ1) is 17.8. The Bertz CT molecular complexity index is 1370. The monoisotopic (exact) mass is 505 g/mol. The summed E-state index contributed by atoms with van der Waals surface area (Å²) in [5, 5.41) is 12.1. The number of carbonyl (C=O) groups excluding carboxylic acids is 2. The number of benzene rings is 1. The predicted octanol–water partition coefficient (Wildman–Crippen LogP) is 4.29. The van der Waals surface area contributed by atoms with Crippen LogP contribution in [0.1, 0.15) is 58.2 Å². The summed E-state index contributed by atoms with van der Waals surface area (Å²) in [7, 11) is 0. The quantitative estimate of drug-likeness (QED) is 0.0994. The molecule has 0 saturated heterocycles. The van der Waals surface area contributed by atoms with Crippen molar-refractivity contribution in [3.63, 3.8) is 0 Å². The molecule has 0 aliphatic heterocycles. The van der Waals surface area contributed by atoms with Gasteiger partial charge in [-0.15, -0.1) is 0 Å². The molecule has 3 N–H and O–H groups in total. The number of nitrogens with zero attached hydrogens (tertiary/aromatic N) is 2. The summed E-state index contributed by atoms with van der Waals surface area (Å²) in [6, 6.07) is 8.26.